The van der Waals surface area contributed by atoms with E-state index in [-0.39, 0.29) is 0 Å². The quantitative estimate of drug-likeness (QED) is 0.796. The van der Waals surface area contributed by atoms with E-state index in [2.05, 4.69) is 30.7 Å². The van der Waals surface area contributed by atoms with Gasteiger partial charge in [-0.1, -0.05) is 13.8 Å². The molecule has 3 nitrogen and oxygen atoms in total. The zero-order valence-corrected chi connectivity index (χ0v) is 9.20. The van der Waals surface area contributed by atoms with E-state index in [0.29, 0.717) is 5.92 Å². The predicted octanol–water partition coefficient (Wildman–Crippen LogP) is 2.15. The van der Waals surface area contributed by atoms with Crippen molar-refractivity contribution in [3.63, 3.8) is 0 Å². The normalized spacial score (nSPS) is 10.6. The topological polar surface area (TPSA) is 42.1 Å². The van der Waals surface area contributed by atoms with E-state index in [1.807, 2.05) is 12.1 Å². The van der Waals surface area contributed by atoms with Crippen molar-refractivity contribution in [1.29, 1.82) is 0 Å². The summed E-state index contributed by atoms with van der Waals surface area (Å²) in [5.41, 5.74) is 6.49. The fraction of sp³-hybridized carbons (Fsp3) is 0.545. The highest BCUT2D eigenvalue weighted by Crippen LogP contribution is 2.14. The van der Waals surface area contributed by atoms with Crippen molar-refractivity contribution in [3.05, 3.63) is 18.3 Å². The van der Waals surface area contributed by atoms with E-state index in [4.69, 9.17) is 5.73 Å². The van der Waals surface area contributed by atoms with Gasteiger partial charge in [0.15, 0.2) is 0 Å². The molecule has 0 aliphatic heterocycles. The molecule has 0 radical (unpaired) electrons. The van der Waals surface area contributed by atoms with Crippen molar-refractivity contribution in [2.24, 2.45) is 5.92 Å². The lowest BCUT2D eigenvalue weighted by molar-refractivity contribution is 0.614. The summed E-state index contributed by atoms with van der Waals surface area (Å²) in [5.74, 6) is 1.61. The Labute approximate surface area is 85.9 Å². The van der Waals surface area contributed by atoms with Crippen LogP contribution in [0.3, 0.4) is 0 Å². The lowest BCUT2D eigenvalue weighted by Crippen LogP contribution is -2.28. The number of pyridine rings is 1. The van der Waals surface area contributed by atoms with Gasteiger partial charge >= 0.3 is 0 Å². The molecule has 0 amide bonds. The summed E-state index contributed by atoms with van der Waals surface area (Å²) < 4.78 is 0. The maximum Gasteiger partial charge on any atom is 0.130 e. The molecule has 78 valence electrons. The summed E-state index contributed by atoms with van der Waals surface area (Å²) >= 11 is 0. The molecule has 0 unspecified atom stereocenters. The van der Waals surface area contributed by atoms with Crippen LogP contribution in [0.1, 0.15) is 20.8 Å². The fourth-order valence-corrected chi connectivity index (χ4v) is 1.43. The van der Waals surface area contributed by atoms with E-state index >= 15 is 0 Å². The van der Waals surface area contributed by atoms with E-state index in [9.17, 15) is 0 Å². The Morgan fingerprint density at radius 3 is 2.71 bits per heavy atom. The molecule has 0 saturated carbocycles. The second-order valence-corrected chi connectivity index (χ2v) is 3.88. The molecule has 14 heavy (non-hydrogen) atoms. The molecule has 1 aromatic rings. The third kappa shape index (κ3) is 2.91. The molecular formula is C11H19N3. The summed E-state index contributed by atoms with van der Waals surface area (Å²) in [4.78, 5) is 6.55. The van der Waals surface area contributed by atoms with Crippen LogP contribution >= 0.6 is 0 Å². The Morgan fingerprint density at radius 2 is 2.21 bits per heavy atom. The van der Waals surface area contributed by atoms with Gasteiger partial charge in [-0.3, -0.25) is 0 Å². The number of hydrogen-bond donors (Lipinski definition) is 1. The number of nitrogens with two attached hydrogens (primary N) is 1. The van der Waals surface area contributed by atoms with Crippen LogP contribution in [0.4, 0.5) is 11.5 Å². The first kappa shape index (κ1) is 10.8. The zero-order chi connectivity index (χ0) is 10.6. The first-order valence-electron chi connectivity index (χ1n) is 5.10. The second kappa shape index (κ2) is 4.84. The van der Waals surface area contributed by atoms with Gasteiger partial charge in [-0.05, 0) is 18.9 Å². The van der Waals surface area contributed by atoms with Crippen LogP contribution in [0.2, 0.25) is 0 Å². The van der Waals surface area contributed by atoms with Crippen molar-refractivity contribution in [3.8, 4) is 0 Å². The lowest BCUT2D eigenvalue weighted by atomic mass is 10.2. The lowest BCUT2D eigenvalue weighted by Gasteiger charge is -2.23. The van der Waals surface area contributed by atoms with Crippen LogP contribution < -0.4 is 10.6 Å². The van der Waals surface area contributed by atoms with Gasteiger partial charge < -0.3 is 10.6 Å². The highest BCUT2D eigenvalue weighted by atomic mass is 15.2. The molecule has 0 aliphatic rings. The molecule has 0 spiro atoms. The van der Waals surface area contributed by atoms with Gasteiger partial charge in [-0.2, -0.15) is 0 Å². The molecule has 0 aromatic carbocycles. The molecule has 2 N–H and O–H groups in total. The predicted molar refractivity (Wildman–Crippen MR) is 61.4 cm³/mol. The first-order valence-corrected chi connectivity index (χ1v) is 5.10. The van der Waals surface area contributed by atoms with Crippen molar-refractivity contribution >= 4 is 11.5 Å². The Morgan fingerprint density at radius 1 is 1.50 bits per heavy atom. The van der Waals surface area contributed by atoms with E-state index in [0.717, 1.165) is 24.6 Å². The van der Waals surface area contributed by atoms with Crippen LogP contribution in [-0.2, 0) is 0 Å². The molecule has 0 saturated heterocycles. The van der Waals surface area contributed by atoms with Gasteiger partial charge in [0.25, 0.3) is 0 Å². The smallest absolute Gasteiger partial charge is 0.130 e. The Hall–Kier alpha value is -1.25. The number of nitrogen functional groups attached to an aromatic ring is 1. The van der Waals surface area contributed by atoms with Gasteiger partial charge in [0.05, 0.1) is 0 Å². The van der Waals surface area contributed by atoms with Crippen molar-refractivity contribution < 1.29 is 0 Å². The molecule has 1 aromatic heterocycles. The third-order valence-electron chi connectivity index (χ3n) is 2.06. The largest absolute Gasteiger partial charge is 0.399 e. The molecule has 3 heteroatoms. The molecule has 0 bridgehead atoms. The average Bonchev–Trinajstić information content (AvgIpc) is 2.14. The Balaban J connectivity index is 2.78. The maximum absolute atomic E-state index is 5.72. The standard InChI is InChI=1S/C11H19N3/c1-4-14(8-9(2)3)11-7-10(12)5-6-13-11/h5-7,9H,4,8H2,1-3H3,(H2,12,13). The van der Waals surface area contributed by atoms with Gasteiger partial charge in [-0.25, -0.2) is 4.98 Å². The first-order chi connectivity index (χ1) is 6.63. The number of nitrogens with zero attached hydrogens (tertiary/aromatic N) is 2. The highest BCUT2D eigenvalue weighted by molar-refractivity contribution is 5.50. The summed E-state index contributed by atoms with van der Waals surface area (Å²) in [7, 11) is 0. The van der Waals surface area contributed by atoms with Crippen LogP contribution in [0.15, 0.2) is 18.3 Å². The van der Waals surface area contributed by atoms with Crippen LogP contribution in [-0.4, -0.2) is 18.1 Å². The van der Waals surface area contributed by atoms with Crippen LogP contribution in [0, 0.1) is 5.92 Å². The number of anilines is 2. The van der Waals surface area contributed by atoms with Crippen molar-refractivity contribution in [1.82, 2.24) is 4.98 Å². The average molecular weight is 193 g/mol. The Bertz CT molecular complexity index is 284. The number of rotatable bonds is 4. The number of aromatic nitrogens is 1. The van der Waals surface area contributed by atoms with E-state index in [1.54, 1.807) is 6.20 Å². The molecule has 0 aliphatic carbocycles. The minimum absolute atomic E-state index is 0.637. The molecular weight excluding hydrogens is 174 g/mol. The van der Waals surface area contributed by atoms with Gasteiger partial charge in [0, 0.05) is 31.0 Å². The zero-order valence-electron chi connectivity index (χ0n) is 9.20. The van der Waals surface area contributed by atoms with Crippen molar-refractivity contribution in [2.75, 3.05) is 23.7 Å². The maximum atomic E-state index is 5.72. The molecule has 1 heterocycles. The summed E-state index contributed by atoms with van der Waals surface area (Å²) in [6.07, 6.45) is 1.76. The van der Waals surface area contributed by atoms with E-state index in [1.165, 1.54) is 0 Å². The van der Waals surface area contributed by atoms with Crippen molar-refractivity contribution in [2.45, 2.75) is 20.8 Å². The third-order valence-corrected chi connectivity index (χ3v) is 2.06. The van der Waals surface area contributed by atoms with Crippen LogP contribution in [0.25, 0.3) is 0 Å². The van der Waals surface area contributed by atoms with Crippen LogP contribution in [0.5, 0.6) is 0 Å². The number of hydrogen-bond acceptors (Lipinski definition) is 3. The fourth-order valence-electron chi connectivity index (χ4n) is 1.43. The SMILES string of the molecule is CCN(CC(C)C)c1cc(N)ccn1. The molecule has 1 rings (SSSR count). The van der Waals surface area contributed by atoms with Gasteiger partial charge in [-0.15, -0.1) is 0 Å². The molecule has 0 fully saturated rings. The Kier molecular flexibility index (Phi) is 3.74. The van der Waals surface area contributed by atoms with Gasteiger partial charge in [0.1, 0.15) is 5.82 Å². The highest BCUT2D eigenvalue weighted by Gasteiger charge is 2.07. The summed E-state index contributed by atoms with van der Waals surface area (Å²) in [6, 6.07) is 3.73. The summed E-state index contributed by atoms with van der Waals surface area (Å²) in [6.45, 7) is 8.53. The summed E-state index contributed by atoms with van der Waals surface area (Å²) in [5, 5.41) is 0. The molecule has 0 atom stereocenters. The van der Waals surface area contributed by atoms with Gasteiger partial charge in [0.2, 0.25) is 0 Å². The minimum Gasteiger partial charge on any atom is -0.399 e. The van der Waals surface area contributed by atoms with E-state index < -0.39 is 0 Å². The monoisotopic (exact) mass is 193 g/mol. The second-order valence-electron chi connectivity index (χ2n) is 3.88. The minimum atomic E-state index is 0.637.